The van der Waals surface area contributed by atoms with E-state index < -0.39 is 0 Å². The molecule has 0 atom stereocenters. The Labute approximate surface area is 136 Å². The van der Waals surface area contributed by atoms with Gasteiger partial charge in [-0.15, -0.1) is 11.8 Å². The Morgan fingerprint density at radius 2 is 1.82 bits per heavy atom. The van der Waals surface area contributed by atoms with Crippen molar-refractivity contribution in [2.24, 2.45) is 0 Å². The first-order valence-electron chi connectivity index (χ1n) is 7.34. The number of methoxy groups -OCH3 is 1. The Kier molecular flexibility index (Phi) is 7.00. The number of hydrogen-bond donors (Lipinski definition) is 1. The molecule has 1 N–H and O–H groups in total. The molecule has 0 radical (unpaired) electrons. The Bertz CT molecular complexity index is 587. The van der Waals surface area contributed by atoms with E-state index in [2.05, 4.69) is 17.4 Å². The molecule has 0 saturated heterocycles. The minimum atomic E-state index is -0.0211. The van der Waals surface area contributed by atoms with Crippen LogP contribution in [-0.2, 0) is 10.5 Å². The highest BCUT2D eigenvalue weighted by Crippen LogP contribution is 2.26. The normalized spacial score (nSPS) is 10.4. The molecular weight excluding hydrogens is 294 g/mol. The van der Waals surface area contributed by atoms with Gasteiger partial charge in [0.2, 0.25) is 0 Å². The van der Waals surface area contributed by atoms with Crippen molar-refractivity contribution in [1.82, 2.24) is 5.32 Å². The van der Waals surface area contributed by atoms with E-state index in [4.69, 9.17) is 4.74 Å². The molecule has 0 aliphatic rings. The molecule has 2 aromatic carbocycles. The van der Waals surface area contributed by atoms with Gasteiger partial charge in [0.1, 0.15) is 0 Å². The summed E-state index contributed by atoms with van der Waals surface area (Å²) in [7, 11) is 1.66. The molecular formula is C18H21NO2S. The van der Waals surface area contributed by atoms with E-state index in [1.165, 1.54) is 5.56 Å². The van der Waals surface area contributed by atoms with Gasteiger partial charge in [0, 0.05) is 30.9 Å². The average Bonchev–Trinajstić information content (AvgIpc) is 2.58. The van der Waals surface area contributed by atoms with Crippen LogP contribution in [0.2, 0.25) is 0 Å². The van der Waals surface area contributed by atoms with Crippen LogP contribution in [-0.4, -0.2) is 26.2 Å². The highest BCUT2D eigenvalue weighted by Gasteiger charge is 2.10. The number of nitrogens with one attached hydrogen (secondary N) is 1. The molecule has 2 aromatic rings. The maximum atomic E-state index is 12.3. The molecule has 3 nitrogen and oxygen atoms in total. The van der Waals surface area contributed by atoms with Gasteiger partial charge in [0.15, 0.2) is 0 Å². The van der Waals surface area contributed by atoms with Crippen LogP contribution < -0.4 is 5.32 Å². The Morgan fingerprint density at radius 3 is 2.59 bits per heavy atom. The van der Waals surface area contributed by atoms with Gasteiger partial charge < -0.3 is 10.1 Å². The Balaban J connectivity index is 1.95. The van der Waals surface area contributed by atoms with Crippen LogP contribution in [0.25, 0.3) is 0 Å². The molecule has 0 bridgehead atoms. The summed E-state index contributed by atoms with van der Waals surface area (Å²) in [6, 6.07) is 18.0. The van der Waals surface area contributed by atoms with E-state index in [0.717, 1.165) is 22.6 Å². The fraction of sp³-hybridized carbons (Fsp3) is 0.278. The smallest absolute Gasteiger partial charge is 0.252 e. The number of thioether (sulfide) groups is 1. The van der Waals surface area contributed by atoms with Gasteiger partial charge in [-0.1, -0.05) is 42.5 Å². The molecule has 2 rings (SSSR count). The predicted octanol–water partition coefficient (Wildman–Crippen LogP) is 3.75. The topological polar surface area (TPSA) is 38.3 Å². The number of rotatable bonds is 8. The van der Waals surface area contributed by atoms with Crippen molar-refractivity contribution in [1.29, 1.82) is 0 Å². The van der Waals surface area contributed by atoms with Crippen molar-refractivity contribution in [3.8, 4) is 0 Å². The number of benzene rings is 2. The van der Waals surface area contributed by atoms with Crippen LogP contribution in [0.3, 0.4) is 0 Å². The van der Waals surface area contributed by atoms with E-state index in [9.17, 15) is 4.79 Å². The second kappa shape index (κ2) is 9.28. The van der Waals surface area contributed by atoms with Crippen LogP contribution in [0.5, 0.6) is 0 Å². The summed E-state index contributed by atoms with van der Waals surface area (Å²) in [4.78, 5) is 13.3. The van der Waals surface area contributed by atoms with Gasteiger partial charge in [0.25, 0.3) is 5.91 Å². The van der Waals surface area contributed by atoms with Crippen molar-refractivity contribution in [3.63, 3.8) is 0 Å². The van der Waals surface area contributed by atoms with Crippen LogP contribution >= 0.6 is 11.8 Å². The highest BCUT2D eigenvalue weighted by molar-refractivity contribution is 7.98. The quantitative estimate of drug-likeness (QED) is 0.595. The molecule has 0 spiro atoms. The lowest BCUT2D eigenvalue weighted by Crippen LogP contribution is -2.25. The lowest BCUT2D eigenvalue weighted by Gasteiger charge is -2.10. The molecule has 0 saturated carbocycles. The van der Waals surface area contributed by atoms with Crippen LogP contribution in [0, 0.1) is 0 Å². The molecule has 0 heterocycles. The first-order valence-corrected chi connectivity index (χ1v) is 8.32. The predicted molar refractivity (Wildman–Crippen MR) is 91.3 cm³/mol. The third-order valence-corrected chi connectivity index (χ3v) is 4.32. The summed E-state index contributed by atoms with van der Waals surface area (Å²) in [6.07, 6.45) is 0.821. The molecule has 1 amide bonds. The first-order chi connectivity index (χ1) is 10.8. The number of amides is 1. The summed E-state index contributed by atoms with van der Waals surface area (Å²) >= 11 is 1.69. The highest BCUT2D eigenvalue weighted by atomic mass is 32.2. The molecule has 0 aromatic heterocycles. The van der Waals surface area contributed by atoms with Gasteiger partial charge in [-0.05, 0) is 24.1 Å². The first kappa shape index (κ1) is 16.6. The van der Waals surface area contributed by atoms with Crippen molar-refractivity contribution < 1.29 is 9.53 Å². The van der Waals surface area contributed by atoms with E-state index in [-0.39, 0.29) is 5.91 Å². The molecule has 22 heavy (non-hydrogen) atoms. The second-order valence-corrected chi connectivity index (χ2v) is 5.89. The number of ether oxygens (including phenoxy) is 1. The molecule has 116 valence electrons. The van der Waals surface area contributed by atoms with E-state index >= 15 is 0 Å². The van der Waals surface area contributed by atoms with E-state index in [0.29, 0.717) is 13.2 Å². The van der Waals surface area contributed by atoms with Gasteiger partial charge in [-0.2, -0.15) is 0 Å². The lowest BCUT2D eigenvalue weighted by molar-refractivity contribution is 0.0945. The molecule has 4 heteroatoms. The molecule has 0 aliphatic heterocycles. The Morgan fingerprint density at radius 1 is 1.09 bits per heavy atom. The summed E-state index contributed by atoms with van der Waals surface area (Å²) < 4.78 is 4.99. The standard InChI is InChI=1S/C18H21NO2S/c1-21-13-7-12-19-18(20)16-10-5-6-11-17(16)22-14-15-8-3-2-4-9-15/h2-6,8-11H,7,12-14H2,1H3,(H,19,20). The van der Waals surface area contributed by atoms with E-state index in [1.807, 2.05) is 42.5 Å². The summed E-state index contributed by atoms with van der Waals surface area (Å²) in [5.41, 5.74) is 1.99. The lowest BCUT2D eigenvalue weighted by atomic mass is 10.2. The summed E-state index contributed by atoms with van der Waals surface area (Å²) in [5.74, 6) is 0.835. The number of carbonyl (C=O) groups excluding carboxylic acids is 1. The maximum absolute atomic E-state index is 12.3. The third-order valence-electron chi connectivity index (χ3n) is 3.18. The largest absolute Gasteiger partial charge is 0.385 e. The van der Waals surface area contributed by atoms with E-state index in [1.54, 1.807) is 18.9 Å². The second-order valence-electron chi connectivity index (χ2n) is 4.87. The van der Waals surface area contributed by atoms with Crippen molar-refractivity contribution >= 4 is 17.7 Å². The summed E-state index contributed by atoms with van der Waals surface area (Å²) in [6.45, 7) is 1.29. The fourth-order valence-electron chi connectivity index (χ4n) is 2.03. The molecule has 0 fully saturated rings. The molecule has 0 unspecified atom stereocenters. The number of hydrogen-bond acceptors (Lipinski definition) is 3. The average molecular weight is 315 g/mol. The zero-order valence-corrected chi connectivity index (χ0v) is 13.6. The van der Waals surface area contributed by atoms with Gasteiger partial charge >= 0.3 is 0 Å². The zero-order chi connectivity index (χ0) is 15.6. The zero-order valence-electron chi connectivity index (χ0n) is 12.7. The number of carbonyl (C=O) groups is 1. The van der Waals surface area contributed by atoms with Crippen LogP contribution in [0.1, 0.15) is 22.3 Å². The minimum Gasteiger partial charge on any atom is -0.385 e. The maximum Gasteiger partial charge on any atom is 0.252 e. The van der Waals surface area contributed by atoms with Crippen molar-refractivity contribution in [2.75, 3.05) is 20.3 Å². The van der Waals surface area contributed by atoms with Crippen molar-refractivity contribution in [3.05, 3.63) is 65.7 Å². The molecule has 0 aliphatic carbocycles. The monoisotopic (exact) mass is 315 g/mol. The Hall–Kier alpha value is -1.78. The van der Waals surface area contributed by atoms with Gasteiger partial charge in [0.05, 0.1) is 5.56 Å². The minimum absolute atomic E-state index is 0.0211. The third kappa shape index (κ3) is 5.20. The summed E-state index contributed by atoms with van der Waals surface area (Å²) in [5, 5.41) is 2.94. The van der Waals surface area contributed by atoms with Crippen LogP contribution in [0.15, 0.2) is 59.5 Å². The SMILES string of the molecule is COCCCNC(=O)c1ccccc1SCc1ccccc1. The fourth-order valence-corrected chi connectivity index (χ4v) is 3.03. The van der Waals surface area contributed by atoms with Gasteiger partial charge in [-0.3, -0.25) is 4.79 Å². The van der Waals surface area contributed by atoms with Crippen molar-refractivity contribution in [2.45, 2.75) is 17.1 Å². The van der Waals surface area contributed by atoms with Crippen LogP contribution in [0.4, 0.5) is 0 Å². The van der Waals surface area contributed by atoms with Gasteiger partial charge in [-0.25, -0.2) is 0 Å².